The van der Waals surface area contributed by atoms with Crippen molar-refractivity contribution in [2.75, 3.05) is 33.4 Å². The topological polar surface area (TPSA) is 74.4 Å². The summed E-state index contributed by atoms with van der Waals surface area (Å²) in [5, 5.41) is 3.98. The summed E-state index contributed by atoms with van der Waals surface area (Å²) in [6, 6.07) is 8.01. The van der Waals surface area contributed by atoms with Gasteiger partial charge >= 0.3 is 0 Å². The number of nitrogens with one attached hydrogen (secondary N) is 2. The number of rotatable bonds is 6. The molecule has 1 aromatic carbocycles. The highest BCUT2D eigenvalue weighted by atomic mass is 16.5. The molecule has 6 nitrogen and oxygen atoms in total. The summed E-state index contributed by atoms with van der Waals surface area (Å²) in [5.41, 5.74) is 2.08. The van der Waals surface area contributed by atoms with Crippen LogP contribution in [0.5, 0.6) is 0 Å². The van der Waals surface area contributed by atoms with Gasteiger partial charge in [-0.3, -0.25) is 9.59 Å². The molecule has 6 heteroatoms. The Bertz CT molecular complexity index is 732. The molecule has 0 unspecified atom stereocenters. The summed E-state index contributed by atoms with van der Waals surface area (Å²) in [6.45, 7) is 2.34. The van der Waals surface area contributed by atoms with Gasteiger partial charge in [0, 0.05) is 49.8 Å². The highest BCUT2D eigenvalue weighted by molar-refractivity contribution is 5.89. The van der Waals surface area contributed by atoms with Crippen LogP contribution < -0.4 is 5.32 Å². The first kappa shape index (κ1) is 17.5. The molecular weight excluding hydrogens is 318 g/mol. The number of hydrogen-bond acceptors (Lipinski definition) is 3. The smallest absolute Gasteiger partial charge is 0.227 e. The SMILES string of the molecule is COCCNC(=O)C1CCN(C(=O)Cc2c[nH]c3ccccc23)CC1. The van der Waals surface area contributed by atoms with Gasteiger partial charge in [0.2, 0.25) is 11.8 Å². The van der Waals surface area contributed by atoms with Crippen LogP contribution in [0.4, 0.5) is 0 Å². The Labute approximate surface area is 147 Å². The Kier molecular flexibility index (Phi) is 5.71. The number of methoxy groups -OCH3 is 1. The van der Waals surface area contributed by atoms with Gasteiger partial charge in [-0.1, -0.05) is 18.2 Å². The van der Waals surface area contributed by atoms with Crippen molar-refractivity contribution in [3.8, 4) is 0 Å². The molecule has 0 saturated carbocycles. The molecule has 0 aliphatic carbocycles. The second-order valence-corrected chi connectivity index (χ2v) is 6.48. The van der Waals surface area contributed by atoms with Crippen molar-refractivity contribution < 1.29 is 14.3 Å². The first-order valence-corrected chi connectivity index (χ1v) is 8.78. The third kappa shape index (κ3) is 4.20. The van der Waals surface area contributed by atoms with E-state index in [1.165, 1.54) is 0 Å². The van der Waals surface area contributed by atoms with Crippen LogP contribution in [0.15, 0.2) is 30.5 Å². The first-order valence-electron chi connectivity index (χ1n) is 8.78. The first-order chi connectivity index (χ1) is 12.2. The predicted octanol–water partition coefficient (Wildman–Crippen LogP) is 1.71. The lowest BCUT2D eigenvalue weighted by molar-refractivity contribution is -0.135. The third-order valence-electron chi connectivity index (χ3n) is 4.84. The second kappa shape index (κ2) is 8.16. The number of nitrogens with zero attached hydrogens (tertiary/aromatic N) is 1. The van der Waals surface area contributed by atoms with Crippen molar-refractivity contribution in [1.29, 1.82) is 0 Å². The van der Waals surface area contributed by atoms with Gasteiger partial charge < -0.3 is 19.9 Å². The third-order valence-corrected chi connectivity index (χ3v) is 4.84. The Balaban J connectivity index is 1.51. The van der Waals surface area contributed by atoms with E-state index in [9.17, 15) is 9.59 Å². The normalized spacial score (nSPS) is 15.5. The zero-order valence-electron chi connectivity index (χ0n) is 14.6. The summed E-state index contributed by atoms with van der Waals surface area (Å²) in [5.74, 6) is 0.192. The van der Waals surface area contributed by atoms with Gasteiger partial charge in [0.05, 0.1) is 13.0 Å². The number of likely N-dealkylation sites (tertiary alicyclic amines) is 1. The predicted molar refractivity (Wildman–Crippen MR) is 96.2 cm³/mol. The molecule has 2 amide bonds. The maximum absolute atomic E-state index is 12.6. The number of hydrogen-bond donors (Lipinski definition) is 2. The number of ether oxygens (including phenoxy) is 1. The van der Waals surface area contributed by atoms with E-state index in [1.54, 1.807) is 7.11 Å². The van der Waals surface area contributed by atoms with Gasteiger partial charge in [0.25, 0.3) is 0 Å². The Hall–Kier alpha value is -2.34. The fourth-order valence-corrected chi connectivity index (χ4v) is 3.36. The molecular formula is C19H25N3O3. The molecule has 2 N–H and O–H groups in total. The number of para-hydroxylation sites is 1. The van der Waals surface area contributed by atoms with Gasteiger partial charge in [0.15, 0.2) is 0 Å². The van der Waals surface area contributed by atoms with Crippen molar-refractivity contribution in [3.05, 3.63) is 36.0 Å². The van der Waals surface area contributed by atoms with E-state index in [0.717, 1.165) is 29.3 Å². The summed E-state index contributed by atoms with van der Waals surface area (Å²) >= 11 is 0. The maximum atomic E-state index is 12.6. The monoisotopic (exact) mass is 343 g/mol. The number of fused-ring (bicyclic) bond motifs is 1. The summed E-state index contributed by atoms with van der Waals surface area (Å²) in [6.07, 6.45) is 3.75. The lowest BCUT2D eigenvalue weighted by Crippen LogP contribution is -2.44. The molecule has 0 radical (unpaired) electrons. The maximum Gasteiger partial charge on any atom is 0.227 e. The highest BCUT2D eigenvalue weighted by Gasteiger charge is 2.27. The van der Waals surface area contributed by atoms with E-state index in [0.29, 0.717) is 32.7 Å². The minimum Gasteiger partial charge on any atom is -0.383 e. The van der Waals surface area contributed by atoms with Crippen LogP contribution in [0.25, 0.3) is 10.9 Å². The lowest BCUT2D eigenvalue weighted by atomic mass is 9.95. The number of aromatic amines is 1. The fraction of sp³-hybridized carbons (Fsp3) is 0.474. The summed E-state index contributed by atoms with van der Waals surface area (Å²) < 4.78 is 4.94. The van der Waals surface area contributed by atoms with E-state index in [2.05, 4.69) is 10.3 Å². The number of piperidine rings is 1. The van der Waals surface area contributed by atoms with Crippen LogP contribution in [0.3, 0.4) is 0 Å². The van der Waals surface area contributed by atoms with Gasteiger partial charge in [-0.2, -0.15) is 0 Å². The molecule has 134 valence electrons. The van der Waals surface area contributed by atoms with Crippen LogP contribution in [0, 0.1) is 5.92 Å². The van der Waals surface area contributed by atoms with Crippen LogP contribution in [-0.2, 0) is 20.7 Å². The van der Waals surface area contributed by atoms with Crippen LogP contribution in [0.1, 0.15) is 18.4 Å². The minimum absolute atomic E-state index is 0.00556. The molecule has 0 bridgehead atoms. The number of carbonyl (C=O) groups is 2. The van der Waals surface area contributed by atoms with Crippen molar-refractivity contribution >= 4 is 22.7 Å². The standard InChI is InChI=1S/C19H25N3O3/c1-25-11-8-20-19(24)14-6-9-22(10-7-14)18(23)12-15-13-21-17-5-3-2-4-16(15)17/h2-5,13-14,21H,6-12H2,1H3,(H,20,24). The van der Waals surface area contributed by atoms with Crippen LogP contribution in [0.2, 0.25) is 0 Å². The van der Waals surface area contributed by atoms with Gasteiger partial charge in [-0.05, 0) is 24.5 Å². The molecule has 1 aliphatic heterocycles. The van der Waals surface area contributed by atoms with E-state index in [4.69, 9.17) is 4.74 Å². The van der Waals surface area contributed by atoms with Crippen molar-refractivity contribution in [2.45, 2.75) is 19.3 Å². The van der Waals surface area contributed by atoms with Crippen molar-refractivity contribution in [1.82, 2.24) is 15.2 Å². The number of carbonyl (C=O) groups excluding carboxylic acids is 2. The van der Waals surface area contributed by atoms with Crippen molar-refractivity contribution in [2.24, 2.45) is 5.92 Å². The second-order valence-electron chi connectivity index (χ2n) is 6.48. The Morgan fingerprint density at radius 3 is 2.80 bits per heavy atom. The van der Waals surface area contributed by atoms with Gasteiger partial charge in [-0.25, -0.2) is 0 Å². The summed E-state index contributed by atoms with van der Waals surface area (Å²) in [4.78, 5) is 29.8. The molecule has 1 aliphatic rings. The number of aromatic nitrogens is 1. The quantitative estimate of drug-likeness (QED) is 0.784. The van der Waals surface area contributed by atoms with E-state index in [-0.39, 0.29) is 17.7 Å². The zero-order valence-corrected chi connectivity index (χ0v) is 14.6. The number of H-pyrrole nitrogens is 1. The average molecular weight is 343 g/mol. The molecule has 1 aromatic heterocycles. The van der Waals surface area contributed by atoms with E-state index < -0.39 is 0 Å². The molecule has 0 atom stereocenters. The fourth-order valence-electron chi connectivity index (χ4n) is 3.36. The molecule has 2 aromatic rings. The molecule has 1 fully saturated rings. The highest BCUT2D eigenvalue weighted by Crippen LogP contribution is 2.21. The Morgan fingerprint density at radius 2 is 2.04 bits per heavy atom. The molecule has 25 heavy (non-hydrogen) atoms. The van der Waals surface area contributed by atoms with Crippen LogP contribution in [-0.4, -0.2) is 55.0 Å². The number of benzene rings is 1. The molecule has 1 saturated heterocycles. The number of amides is 2. The van der Waals surface area contributed by atoms with Gasteiger partial charge in [0.1, 0.15) is 0 Å². The lowest BCUT2D eigenvalue weighted by Gasteiger charge is -2.31. The zero-order chi connectivity index (χ0) is 17.6. The summed E-state index contributed by atoms with van der Waals surface area (Å²) in [7, 11) is 1.62. The molecule has 3 rings (SSSR count). The van der Waals surface area contributed by atoms with Crippen molar-refractivity contribution in [3.63, 3.8) is 0 Å². The van der Waals surface area contributed by atoms with E-state index >= 15 is 0 Å². The van der Waals surface area contributed by atoms with Gasteiger partial charge in [-0.15, -0.1) is 0 Å². The average Bonchev–Trinajstić information content (AvgIpc) is 3.05. The minimum atomic E-state index is -0.00556. The van der Waals surface area contributed by atoms with Crippen LogP contribution >= 0.6 is 0 Å². The molecule has 2 heterocycles. The largest absolute Gasteiger partial charge is 0.383 e. The Morgan fingerprint density at radius 1 is 1.28 bits per heavy atom. The molecule has 0 spiro atoms. The van der Waals surface area contributed by atoms with E-state index in [1.807, 2.05) is 35.4 Å².